The molecule has 6 rings (SSSR count). The van der Waals surface area contributed by atoms with Crippen LogP contribution in [0.1, 0.15) is 63.3 Å². The molecule has 3 saturated heterocycles. The van der Waals surface area contributed by atoms with Gasteiger partial charge in [0.2, 0.25) is 0 Å². The van der Waals surface area contributed by atoms with Crippen LogP contribution in [0.4, 0.5) is 13.2 Å². The first-order valence-corrected chi connectivity index (χ1v) is 13.5. The van der Waals surface area contributed by atoms with E-state index in [1.165, 1.54) is 12.3 Å². The predicted octanol–water partition coefficient (Wildman–Crippen LogP) is 3.82. The number of nitrogens with one attached hydrogen (secondary N) is 1. The van der Waals surface area contributed by atoms with Gasteiger partial charge in [-0.05, 0) is 41.9 Å². The average molecular weight is 537 g/mol. The molecule has 5 heterocycles. The lowest BCUT2D eigenvalue weighted by Gasteiger charge is -2.50. The Balaban J connectivity index is 1.55. The van der Waals surface area contributed by atoms with E-state index in [-0.39, 0.29) is 5.92 Å². The number of halogens is 3. The lowest BCUT2D eigenvalue weighted by atomic mass is 9.63. The molecular weight excluding hydrogens is 501 g/mol. The standard InChI is InChI=1S/C28H35F3N2O5/c1-26(2)13-17(34)19-21-20(22(33-23(19)25(26)35)15-5-9-36-10-6-15)24(38-27(21)7-11-37-12-8-27)16-3-4-18(32-14-16)28(29,30)31/h3-4,14-15,17,23-25,33-35H,5-13H2,1-2H3/t17-,23?,24-,25-/m0/s1. The minimum absolute atomic E-state index is 0.105. The molecule has 1 saturated carbocycles. The Morgan fingerprint density at radius 2 is 1.71 bits per heavy atom. The second-order valence-electron chi connectivity index (χ2n) is 11.9. The summed E-state index contributed by atoms with van der Waals surface area (Å²) in [6, 6.07) is 1.95. The highest BCUT2D eigenvalue weighted by atomic mass is 19.4. The number of allylic oxidation sites excluding steroid dienone is 1. The van der Waals surface area contributed by atoms with Crippen LogP contribution in [0.2, 0.25) is 0 Å². The number of ether oxygens (including phenoxy) is 3. The number of hydrogen-bond acceptors (Lipinski definition) is 7. The van der Waals surface area contributed by atoms with E-state index in [0.29, 0.717) is 51.3 Å². The number of hydrogen-bond donors (Lipinski definition) is 3. The summed E-state index contributed by atoms with van der Waals surface area (Å²) in [6.45, 7) is 6.06. The minimum Gasteiger partial charge on any atom is -0.390 e. The molecule has 0 bridgehead atoms. The summed E-state index contributed by atoms with van der Waals surface area (Å²) in [5, 5.41) is 26.7. The lowest BCUT2D eigenvalue weighted by Crippen LogP contribution is -2.59. The highest BCUT2D eigenvalue weighted by molar-refractivity contribution is 5.59. The van der Waals surface area contributed by atoms with E-state index in [9.17, 15) is 23.4 Å². The first-order chi connectivity index (χ1) is 18.0. The fourth-order valence-electron chi connectivity index (χ4n) is 7.05. The van der Waals surface area contributed by atoms with Crippen molar-refractivity contribution in [1.82, 2.24) is 10.3 Å². The van der Waals surface area contributed by atoms with Crippen LogP contribution in [0, 0.1) is 11.3 Å². The number of dihydropyridines is 1. The third-order valence-electron chi connectivity index (χ3n) is 9.06. The van der Waals surface area contributed by atoms with Gasteiger partial charge in [0.15, 0.2) is 0 Å². The molecule has 38 heavy (non-hydrogen) atoms. The minimum atomic E-state index is -4.54. The van der Waals surface area contributed by atoms with Crippen molar-refractivity contribution in [1.29, 1.82) is 0 Å². The van der Waals surface area contributed by atoms with Crippen LogP contribution >= 0.6 is 0 Å². The molecule has 0 aromatic carbocycles. The Morgan fingerprint density at radius 3 is 2.34 bits per heavy atom. The van der Waals surface area contributed by atoms with E-state index in [1.54, 1.807) is 0 Å². The van der Waals surface area contributed by atoms with Gasteiger partial charge >= 0.3 is 6.18 Å². The van der Waals surface area contributed by atoms with E-state index < -0.39 is 47.2 Å². The topological polar surface area (TPSA) is 93.1 Å². The first-order valence-electron chi connectivity index (χ1n) is 13.5. The summed E-state index contributed by atoms with van der Waals surface area (Å²) >= 11 is 0. The van der Waals surface area contributed by atoms with Gasteiger partial charge in [0.25, 0.3) is 0 Å². The van der Waals surface area contributed by atoms with E-state index in [4.69, 9.17) is 14.2 Å². The molecule has 10 heteroatoms. The van der Waals surface area contributed by atoms with Gasteiger partial charge in [0.1, 0.15) is 11.8 Å². The molecular formula is C28H35F3N2O5. The monoisotopic (exact) mass is 536 g/mol. The fraction of sp³-hybridized carbons (Fsp3) is 0.679. The van der Waals surface area contributed by atoms with Crippen molar-refractivity contribution in [3.8, 4) is 0 Å². The van der Waals surface area contributed by atoms with Crippen LogP contribution in [0.3, 0.4) is 0 Å². The summed E-state index contributed by atoms with van der Waals surface area (Å²) in [4.78, 5) is 3.73. The molecule has 1 unspecified atom stereocenters. The zero-order valence-corrected chi connectivity index (χ0v) is 21.7. The van der Waals surface area contributed by atoms with E-state index >= 15 is 0 Å². The molecule has 1 aliphatic carbocycles. The van der Waals surface area contributed by atoms with E-state index in [2.05, 4.69) is 10.3 Å². The van der Waals surface area contributed by atoms with Crippen LogP contribution in [-0.4, -0.2) is 65.5 Å². The molecule has 3 N–H and O–H groups in total. The SMILES string of the molecule is CC1(C)C[C@H](O)C2=C3C(=C(C4CCOCC4)NC2[C@@H]1O)[C@H](c1ccc(C(F)(F)F)nc1)OC31CCOCC1. The zero-order chi connectivity index (χ0) is 26.9. The summed E-state index contributed by atoms with van der Waals surface area (Å²) in [6.07, 6.45) is -2.42. The largest absolute Gasteiger partial charge is 0.433 e. The number of aliphatic hydroxyl groups is 2. The highest BCUT2D eigenvalue weighted by Gasteiger charge is 2.58. The van der Waals surface area contributed by atoms with E-state index in [0.717, 1.165) is 41.3 Å². The maximum Gasteiger partial charge on any atom is 0.433 e. The molecule has 4 atom stereocenters. The Labute approximate surface area is 220 Å². The zero-order valence-electron chi connectivity index (χ0n) is 21.7. The van der Waals surface area contributed by atoms with Crippen LogP contribution < -0.4 is 5.32 Å². The summed E-state index contributed by atoms with van der Waals surface area (Å²) in [5.74, 6) is 0.105. The van der Waals surface area contributed by atoms with Gasteiger partial charge in [-0.3, -0.25) is 4.98 Å². The number of aromatic nitrogens is 1. The molecule has 7 nitrogen and oxygen atoms in total. The Hall–Kier alpha value is -1.98. The first kappa shape index (κ1) is 26.3. The molecule has 5 aliphatic rings. The van der Waals surface area contributed by atoms with Crippen molar-refractivity contribution >= 4 is 0 Å². The summed E-state index contributed by atoms with van der Waals surface area (Å²) in [5.41, 5.74) is 1.75. The molecule has 208 valence electrons. The van der Waals surface area contributed by atoms with Crippen LogP contribution in [-0.2, 0) is 20.4 Å². The van der Waals surface area contributed by atoms with Crippen molar-refractivity contribution in [3.05, 3.63) is 52.0 Å². The number of fused-ring (bicyclic) bond motifs is 3. The van der Waals surface area contributed by atoms with Crippen molar-refractivity contribution in [2.24, 2.45) is 11.3 Å². The number of pyridine rings is 1. The number of nitrogens with zero attached hydrogens (tertiary/aromatic N) is 1. The van der Waals surface area contributed by atoms with Crippen molar-refractivity contribution in [2.75, 3.05) is 26.4 Å². The van der Waals surface area contributed by atoms with Crippen molar-refractivity contribution < 1.29 is 37.6 Å². The molecule has 1 aromatic heterocycles. The van der Waals surface area contributed by atoms with Gasteiger partial charge in [0.05, 0.1) is 23.9 Å². The number of alkyl halides is 3. The molecule has 0 amide bonds. The van der Waals surface area contributed by atoms with Crippen LogP contribution in [0.15, 0.2) is 40.7 Å². The summed E-state index contributed by atoms with van der Waals surface area (Å²) in [7, 11) is 0. The lowest BCUT2D eigenvalue weighted by molar-refractivity contribution is -0.141. The van der Waals surface area contributed by atoms with Gasteiger partial charge < -0.3 is 29.7 Å². The molecule has 1 spiro atoms. The Bertz CT molecular complexity index is 1130. The Kier molecular flexibility index (Phi) is 6.42. The second-order valence-corrected chi connectivity index (χ2v) is 11.9. The van der Waals surface area contributed by atoms with E-state index in [1.807, 2.05) is 13.8 Å². The van der Waals surface area contributed by atoms with Crippen LogP contribution in [0.5, 0.6) is 0 Å². The fourth-order valence-corrected chi connectivity index (χ4v) is 7.05. The third-order valence-corrected chi connectivity index (χ3v) is 9.06. The quantitative estimate of drug-likeness (QED) is 0.529. The number of aliphatic hydroxyl groups excluding tert-OH is 2. The van der Waals surface area contributed by atoms with Gasteiger partial charge in [-0.25, -0.2) is 0 Å². The third kappa shape index (κ3) is 4.20. The van der Waals surface area contributed by atoms with Gasteiger partial charge in [-0.2, -0.15) is 13.2 Å². The van der Waals surface area contributed by atoms with Crippen molar-refractivity contribution in [3.63, 3.8) is 0 Å². The molecule has 0 radical (unpaired) electrons. The maximum absolute atomic E-state index is 13.3. The van der Waals surface area contributed by atoms with Gasteiger partial charge in [0, 0.05) is 68.2 Å². The normalized spacial score (nSPS) is 33.2. The molecule has 4 fully saturated rings. The average Bonchev–Trinajstić information content (AvgIpc) is 3.21. The van der Waals surface area contributed by atoms with Crippen molar-refractivity contribution in [2.45, 2.75) is 82.1 Å². The highest BCUT2D eigenvalue weighted by Crippen LogP contribution is 2.58. The Morgan fingerprint density at radius 1 is 1.03 bits per heavy atom. The summed E-state index contributed by atoms with van der Waals surface area (Å²) < 4.78 is 58.1. The molecule has 4 aliphatic heterocycles. The number of rotatable bonds is 2. The van der Waals surface area contributed by atoms with Gasteiger partial charge in [-0.1, -0.05) is 19.9 Å². The smallest absolute Gasteiger partial charge is 0.390 e. The molecule has 1 aromatic rings. The van der Waals surface area contributed by atoms with Gasteiger partial charge in [-0.15, -0.1) is 0 Å². The predicted molar refractivity (Wildman–Crippen MR) is 131 cm³/mol. The second kappa shape index (κ2) is 9.30. The maximum atomic E-state index is 13.3. The van der Waals surface area contributed by atoms with Crippen LogP contribution in [0.25, 0.3) is 0 Å².